The van der Waals surface area contributed by atoms with Crippen LogP contribution in [0, 0.1) is 0 Å². The van der Waals surface area contributed by atoms with Crippen LogP contribution in [0.25, 0.3) is 0 Å². The lowest BCUT2D eigenvalue weighted by Gasteiger charge is -2.21. The summed E-state index contributed by atoms with van der Waals surface area (Å²) in [6.07, 6.45) is 101. The Labute approximate surface area is 679 Å². The molecule has 0 fully saturated rings. The maximum absolute atomic E-state index is 13.2. The largest absolute Gasteiger partial charge is 0.472 e. The zero-order chi connectivity index (χ0) is 81.7. The standard InChI is InChI=1S/C93H152O17P2/c1-5-9-13-17-21-25-29-33-37-40-43-46-50-53-57-61-65-69-73-77-90(95)103-83-88(109-92(97)79-75-71-67-63-59-55-49-36-32-28-24-20-16-12-8-4)85-107-111(99,100)105-81-87(94)82-106-112(101,102)108-86-89(110-93(98)80-76-72-68-64-60-56-52-48-45-42-39-35-31-27-23-19-15-11-7-3)84-104-91(96)78-74-70-66-62-58-54-51-47-44-41-38-34-30-26-22-18-14-10-6-2/h9-11,13-15,21-23,25-27,33-35,37-39,43-48,53-54,56-58,60,87-89,94H,5-8,12,16-20,24,28-32,36,40-42,49-52,55,59,61-86H2,1-4H3,(H,99,100)(H,101,102)/b13-9-,14-10-,15-11-,25-21-,26-22-,27-23-,37-33-,38-34-,39-35-,46-43-,47-44-,48-45-,57-53-,58-54-,60-56-. The minimum Gasteiger partial charge on any atom is -0.462 e. The number of allylic oxidation sites excluding steroid dienone is 30. The van der Waals surface area contributed by atoms with Crippen molar-refractivity contribution in [2.24, 2.45) is 0 Å². The SMILES string of the molecule is CC/C=C\C/C=C\C/C=C\C/C=C\C/C=C\CCCCCC(=O)OCC(COP(=O)(O)OCC(O)COP(=O)(O)OCC(COC(=O)CCCCC/C=C\C/C=C\C/C=C\C/C=C\C/C=C\CC)OC(=O)CCCCCCCCCCCCCCCCC)OC(=O)CCCCC/C=C\C/C=C\C/C=C\C/C=C\C/C=C\CC. The number of ether oxygens (including phenoxy) is 4. The van der Waals surface area contributed by atoms with Gasteiger partial charge in [0, 0.05) is 25.7 Å². The Morgan fingerprint density at radius 3 is 0.714 bits per heavy atom. The Morgan fingerprint density at radius 2 is 0.464 bits per heavy atom. The number of aliphatic hydroxyl groups is 1. The molecule has 0 aromatic carbocycles. The van der Waals surface area contributed by atoms with Crippen molar-refractivity contribution >= 4 is 39.5 Å². The molecule has 0 radical (unpaired) electrons. The van der Waals surface area contributed by atoms with Gasteiger partial charge in [0.2, 0.25) is 0 Å². The lowest BCUT2D eigenvalue weighted by molar-refractivity contribution is -0.161. The highest BCUT2D eigenvalue weighted by atomic mass is 31.2. The fourth-order valence-corrected chi connectivity index (χ4v) is 12.5. The number of phosphoric acid groups is 2. The average molecular weight is 1600 g/mol. The Hall–Kier alpha value is -5.84. The number of carbonyl (C=O) groups excluding carboxylic acids is 4. The van der Waals surface area contributed by atoms with E-state index in [2.05, 4.69) is 210 Å². The quantitative estimate of drug-likeness (QED) is 0.0169. The second-order valence-electron chi connectivity index (χ2n) is 28.0. The van der Waals surface area contributed by atoms with Gasteiger partial charge in [0.15, 0.2) is 12.2 Å². The molecule has 0 aromatic heterocycles. The molecular formula is C93H152O17P2. The molecule has 0 bridgehead atoms. The van der Waals surface area contributed by atoms with Gasteiger partial charge in [0.05, 0.1) is 26.4 Å². The van der Waals surface area contributed by atoms with Gasteiger partial charge in [0.1, 0.15) is 19.3 Å². The van der Waals surface area contributed by atoms with Crippen LogP contribution in [-0.4, -0.2) is 96.7 Å². The normalized spacial score (nSPS) is 14.7. The Morgan fingerprint density at radius 1 is 0.259 bits per heavy atom. The van der Waals surface area contributed by atoms with Crippen LogP contribution >= 0.6 is 15.6 Å². The predicted molar refractivity (Wildman–Crippen MR) is 463 cm³/mol. The summed E-state index contributed by atoms with van der Waals surface area (Å²) in [4.78, 5) is 73.3. The maximum atomic E-state index is 13.2. The van der Waals surface area contributed by atoms with Crippen molar-refractivity contribution in [1.82, 2.24) is 0 Å². The minimum absolute atomic E-state index is 0.0407. The van der Waals surface area contributed by atoms with Crippen LogP contribution in [0.3, 0.4) is 0 Å². The second-order valence-corrected chi connectivity index (χ2v) is 30.9. The smallest absolute Gasteiger partial charge is 0.462 e. The van der Waals surface area contributed by atoms with Crippen LogP contribution in [-0.2, 0) is 65.4 Å². The fraction of sp³-hybridized carbons (Fsp3) is 0.634. The van der Waals surface area contributed by atoms with Crippen LogP contribution < -0.4 is 0 Å². The summed E-state index contributed by atoms with van der Waals surface area (Å²) in [5, 5.41) is 10.7. The van der Waals surface area contributed by atoms with Gasteiger partial charge in [-0.2, -0.15) is 0 Å². The third-order valence-corrected chi connectivity index (χ3v) is 19.3. The number of carbonyl (C=O) groups is 4. The molecule has 0 spiro atoms. The van der Waals surface area contributed by atoms with Crippen molar-refractivity contribution in [1.29, 1.82) is 0 Å². The van der Waals surface area contributed by atoms with Gasteiger partial charge >= 0.3 is 39.5 Å². The lowest BCUT2D eigenvalue weighted by atomic mass is 10.0. The molecule has 17 nitrogen and oxygen atoms in total. The van der Waals surface area contributed by atoms with Crippen LogP contribution in [0.4, 0.5) is 0 Å². The van der Waals surface area contributed by atoms with Crippen molar-refractivity contribution < 1.29 is 80.2 Å². The number of hydrogen-bond acceptors (Lipinski definition) is 15. The first-order chi connectivity index (χ1) is 54.7. The third kappa shape index (κ3) is 82.2. The molecule has 0 saturated carbocycles. The molecule has 5 atom stereocenters. The fourth-order valence-electron chi connectivity index (χ4n) is 10.9. The summed E-state index contributed by atoms with van der Waals surface area (Å²) < 4.78 is 68.8. The lowest BCUT2D eigenvalue weighted by Crippen LogP contribution is -2.30. The van der Waals surface area contributed by atoms with Crippen LogP contribution in [0.5, 0.6) is 0 Å². The molecule has 636 valence electrons. The zero-order valence-corrected chi connectivity index (χ0v) is 71.6. The molecule has 0 saturated heterocycles. The first kappa shape index (κ1) is 106. The van der Waals surface area contributed by atoms with E-state index in [1.165, 1.54) is 64.2 Å². The van der Waals surface area contributed by atoms with E-state index in [0.29, 0.717) is 25.7 Å². The third-order valence-electron chi connectivity index (χ3n) is 17.4. The Bertz CT molecular complexity index is 2840. The van der Waals surface area contributed by atoms with Crippen molar-refractivity contribution in [3.05, 3.63) is 182 Å². The van der Waals surface area contributed by atoms with E-state index in [9.17, 15) is 43.2 Å². The summed E-state index contributed by atoms with van der Waals surface area (Å²) in [7, 11) is -10.0. The van der Waals surface area contributed by atoms with E-state index in [0.717, 1.165) is 180 Å². The summed E-state index contributed by atoms with van der Waals surface area (Å²) in [5.74, 6) is -2.29. The maximum Gasteiger partial charge on any atom is 0.472 e. The first-order valence-corrected chi connectivity index (χ1v) is 46.0. The number of aliphatic hydroxyl groups excluding tert-OH is 1. The molecule has 3 N–H and O–H groups in total. The molecule has 0 aliphatic rings. The van der Waals surface area contributed by atoms with E-state index in [-0.39, 0.29) is 25.7 Å². The Balaban J connectivity index is 5.49. The van der Waals surface area contributed by atoms with Gasteiger partial charge in [-0.1, -0.05) is 319 Å². The number of esters is 4. The second kappa shape index (κ2) is 83.1. The number of unbranched alkanes of at least 4 members (excludes halogenated alkanes) is 23. The average Bonchev–Trinajstić information content (AvgIpc) is 0.898. The molecule has 0 aromatic rings. The molecular weight excluding hydrogens is 1450 g/mol. The molecule has 19 heteroatoms. The van der Waals surface area contributed by atoms with Crippen LogP contribution in [0.1, 0.15) is 323 Å². The molecule has 0 aliphatic carbocycles. The van der Waals surface area contributed by atoms with E-state index < -0.39 is 97.5 Å². The van der Waals surface area contributed by atoms with Gasteiger partial charge in [-0.25, -0.2) is 9.13 Å². The number of hydrogen-bond donors (Lipinski definition) is 3. The highest BCUT2D eigenvalue weighted by Crippen LogP contribution is 2.45. The van der Waals surface area contributed by atoms with Crippen molar-refractivity contribution in [2.45, 2.75) is 341 Å². The molecule has 0 aliphatic heterocycles. The van der Waals surface area contributed by atoms with E-state index in [4.69, 9.17) is 37.0 Å². The van der Waals surface area contributed by atoms with Gasteiger partial charge in [0.25, 0.3) is 0 Å². The molecule has 0 heterocycles. The molecule has 5 unspecified atom stereocenters. The monoisotopic (exact) mass is 1600 g/mol. The molecule has 0 amide bonds. The van der Waals surface area contributed by atoms with E-state index in [1.807, 2.05) is 0 Å². The van der Waals surface area contributed by atoms with Crippen LogP contribution in [0.15, 0.2) is 182 Å². The van der Waals surface area contributed by atoms with Gasteiger partial charge < -0.3 is 33.8 Å². The highest BCUT2D eigenvalue weighted by molar-refractivity contribution is 7.47. The van der Waals surface area contributed by atoms with E-state index in [1.54, 1.807) is 0 Å². The van der Waals surface area contributed by atoms with E-state index >= 15 is 0 Å². The predicted octanol–water partition coefficient (Wildman–Crippen LogP) is 25.9. The summed E-state index contributed by atoms with van der Waals surface area (Å²) in [5.41, 5.74) is 0. The van der Waals surface area contributed by atoms with Gasteiger partial charge in [-0.3, -0.25) is 37.3 Å². The molecule has 0 rings (SSSR count). The molecule has 112 heavy (non-hydrogen) atoms. The highest BCUT2D eigenvalue weighted by Gasteiger charge is 2.30. The Kier molecular flexibility index (Phi) is 78.8. The summed E-state index contributed by atoms with van der Waals surface area (Å²) in [6, 6.07) is 0. The zero-order valence-electron chi connectivity index (χ0n) is 69.8. The van der Waals surface area contributed by atoms with Gasteiger partial charge in [-0.05, 0) is 161 Å². The summed E-state index contributed by atoms with van der Waals surface area (Å²) >= 11 is 0. The van der Waals surface area contributed by atoms with Crippen molar-refractivity contribution in [3.63, 3.8) is 0 Å². The number of rotatable bonds is 79. The number of phosphoric ester groups is 2. The summed E-state index contributed by atoms with van der Waals surface area (Å²) in [6.45, 7) is 4.44. The van der Waals surface area contributed by atoms with Crippen molar-refractivity contribution in [2.75, 3.05) is 39.6 Å². The topological polar surface area (TPSA) is 237 Å². The first-order valence-electron chi connectivity index (χ1n) is 43.0. The van der Waals surface area contributed by atoms with Gasteiger partial charge in [-0.15, -0.1) is 0 Å². The van der Waals surface area contributed by atoms with Crippen LogP contribution in [0.2, 0.25) is 0 Å². The van der Waals surface area contributed by atoms with Crippen molar-refractivity contribution in [3.8, 4) is 0 Å². The minimum atomic E-state index is -5.01.